The minimum atomic E-state index is 0.358. The lowest BCUT2D eigenvalue weighted by Crippen LogP contribution is -1.96. The molecular formula is C11H11Cl2N3O. The summed E-state index contributed by atoms with van der Waals surface area (Å²) in [6, 6.07) is 3.21. The van der Waals surface area contributed by atoms with Gasteiger partial charge in [-0.2, -0.15) is 5.10 Å². The fraction of sp³-hybridized carbons (Fsp3) is 0.182. The van der Waals surface area contributed by atoms with Crippen molar-refractivity contribution >= 4 is 28.9 Å². The second-order valence-electron chi connectivity index (χ2n) is 3.62. The molecule has 0 amide bonds. The Balaban J connectivity index is 2.14. The van der Waals surface area contributed by atoms with Gasteiger partial charge in [0.25, 0.3) is 0 Å². The molecule has 0 saturated heterocycles. The van der Waals surface area contributed by atoms with Crippen LogP contribution in [0.25, 0.3) is 0 Å². The Labute approximate surface area is 109 Å². The van der Waals surface area contributed by atoms with Crippen LogP contribution in [0.3, 0.4) is 0 Å². The lowest BCUT2D eigenvalue weighted by molar-refractivity contribution is 0.306. The van der Waals surface area contributed by atoms with Crippen molar-refractivity contribution in [3.8, 4) is 5.75 Å². The van der Waals surface area contributed by atoms with Gasteiger partial charge in [0, 0.05) is 24.5 Å². The van der Waals surface area contributed by atoms with Gasteiger partial charge < -0.3 is 10.5 Å². The molecule has 6 heteroatoms. The number of hydrogen-bond donors (Lipinski definition) is 1. The Hall–Kier alpha value is -1.39. The highest BCUT2D eigenvalue weighted by Gasteiger charge is 2.09. The maximum absolute atomic E-state index is 6.00. The van der Waals surface area contributed by atoms with Gasteiger partial charge in [0.2, 0.25) is 0 Å². The molecule has 2 N–H and O–H groups in total. The van der Waals surface area contributed by atoms with Crippen molar-refractivity contribution in [2.75, 3.05) is 5.73 Å². The minimum absolute atomic E-state index is 0.358. The zero-order valence-electron chi connectivity index (χ0n) is 9.15. The molecule has 0 fully saturated rings. The van der Waals surface area contributed by atoms with Crippen molar-refractivity contribution in [2.24, 2.45) is 7.05 Å². The molecule has 0 saturated carbocycles. The Morgan fingerprint density at radius 3 is 2.53 bits per heavy atom. The molecule has 4 nitrogen and oxygen atoms in total. The number of anilines is 1. The highest BCUT2D eigenvalue weighted by Crippen LogP contribution is 2.35. The van der Waals surface area contributed by atoms with Gasteiger partial charge in [0.15, 0.2) is 5.75 Å². The topological polar surface area (TPSA) is 53.1 Å². The second-order valence-corrected chi connectivity index (χ2v) is 4.44. The Kier molecular flexibility index (Phi) is 3.45. The largest absolute Gasteiger partial charge is 0.486 e. The molecular weight excluding hydrogens is 261 g/mol. The van der Waals surface area contributed by atoms with Crippen LogP contribution in [0.5, 0.6) is 5.75 Å². The molecule has 17 heavy (non-hydrogen) atoms. The van der Waals surface area contributed by atoms with Crippen LogP contribution in [0.4, 0.5) is 5.69 Å². The zero-order chi connectivity index (χ0) is 12.4. The second kappa shape index (κ2) is 4.85. The zero-order valence-corrected chi connectivity index (χ0v) is 10.7. The van der Waals surface area contributed by atoms with Crippen LogP contribution in [-0.2, 0) is 13.7 Å². The first kappa shape index (κ1) is 12.1. The van der Waals surface area contributed by atoms with E-state index in [0.29, 0.717) is 28.1 Å². The Morgan fingerprint density at radius 2 is 2.00 bits per heavy atom. The first-order valence-corrected chi connectivity index (χ1v) is 5.66. The smallest absolute Gasteiger partial charge is 0.157 e. The molecule has 1 aromatic carbocycles. The molecule has 0 aliphatic carbocycles. The first-order valence-electron chi connectivity index (χ1n) is 4.91. The summed E-state index contributed by atoms with van der Waals surface area (Å²) in [5, 5.41) is 4.84. The molecule has 0 unspecified atom stereocenters. The summed E-state index contributed by atoms with van der Waals surface area (Å²) >= 11 is 12.0. The summed E-state index contributed by atoms with van der Waals surface area (Å²) in [7, 11) is 1.84. The number of nitrogens with zero attached hydrogens (tertiary/aromatic N) is 2. The quantitative estimate of drug-likeness (QED) is 0.874. The van der Waals surface area contributed by atoms with Crippen molar-refractivity contribution in [1.29, 1.82) is 0 Å². The molecule has 90 valence electrons. The highest BCUT2D eigenvalue weighted by molar-refractivity contribution is 6.37. The average molecular weight is 272 g/mol. The number of ether oxygens (including phenoxy) is 1. The fourth-order valence-electron chi connectivity index (χ4n) is 1.42. The molecule has 0 atom stereocenters. The first-order chi connectivity index (χ1) is 8.06. The monoisotopic (exact) mass is 271 g/mol. The molecule has 0 bridgehead atoms. The SMILES string of the molecule is Cn1cc(COc2c(Cl)cc(N)cc2Cl)cn1. The van der Waals surface area contributed by atoms with E-state index in [1.807, 2.05) is 13.2 Å². The number of rotatable bonds is 3. The lowest BCUT2D eigenvalue weighted by Gasteiger charge is -2.09. The van der Waals surface area contributed by atoms with Gasteiger partial charge in [-0.3, -0.25) is 4.68 Å². The van der Waals surface area contributed by atoms with Crippen molar-refractivity contribution in [1.82, 2.24) is 9.78 Å². The summed E-state index contributed by atoms with van der Waals surface area (Å²) < 4.78 is 7.25. The maximum Gasteiger partial charge on any atom is 0.157 e. The van der Waals surface area contributed by atoms with Crippen LogP contribution in [0.1, 0.15) is 5.56 Å². The fourth-order valence-corrected chi connectivity index (χ4v) is 2.03. The molecule has 0 radical (unpaired) electrons. The van der Waals surface area contributed by atoms with Crippen LogP contribution < -0.4 is 10.5 Å². The number of aromatic nitrogens is 2. The highest BCUT2D eigenvalue weighted by atomic mass is 35.5. The van der Waals surface area contributed by atoms with E-state index in [1.54, 1.807) is 23.0 Å². The number of halogens is 2. The number of aryl methyl sites for hydroxylation is 1. The summed E-state index contributed by atoms with van der Waals surface area (Å²) in [4.78, 5) is 0. The van der Waals surface area contributed by atoms with Gasteiger partial charge in [0.05, 0.1) is 16.2 Å². The average Bonchev–Trinajstić information content (AvgIpc) is 2.62. The van der Waals surface area contributed by atoms with E-state index in [9.17, 15) is 0 Å². The van der Waals surface area contributed by atoms with Crippen LogP contribution in [0.2, 0.25) is 10.0 Å². The summed E-state index contributed by atoms with van der Waals surface area (Å²) in [5.74, 6) is 0.436. The van der Waals surface area contributed by atoms with Crippen LogP contribution in [-0.4, -0.2) is 9.78 Å². The predicted octanol–water partition coefficient (Wildman–Crippen LogP) is 2.89. The van der Waals surface area contributed by atoms with Gasteiger partial charge in [-0.25, -0.2) is 0 Å². The maximum atomic E-state index is 6.00. The van der Waals surface area contributed by atoms with E-state index in [2.05, 4.69) is 5.10 Å². The van der Waals surface area contributed by atoms with Gasteiger partial charge in [0.1, 0.15) is 6.61 Å². The molecule has 1 heterocycles. The predicted molar refractivity (Wildman–Crippen MR) is 68.4 cm³/mol. The van der Waals surface area contributed by atoms with E-state index in [-0.39, 0.29) is 0 Å². The van der Waals surface area contributed by atoms with Crippen molar-refractivity contribution in [3.63, 3.8) is 0 Å². The van der Waals surface area contributed by atoms with E-state index in [1.165, 1.54) is 0 Å². The van der Waals surface area contributed by atoms with Crippen LogP contribution in [0.15, 0.2) is 24.5 Å². The molecule has 0 spiro atoms. The molecule has 0 aliphatic rings. The van der Waals surface area contributed by atoms with Crippen molar-refractivity contribution in [2.45, 2.75) is 6.61 Å². The third kappa shape index (κ3) is 2.84. The lowest BCUT2D eigenvalue weighted by atomic mass is 10.3. The van der Waals surface area contributed by atoms with Gasteiger partial charge in [-0.15, -0.1) is 0 Å². The van der Waals surface area contributed by atoms with Gasteiger partial charge in [-0.05, 0) is 12.1 Å². The van der Waals surface area contributed by atoms with E-state index >= 15 is 0 Å². The van der Waals surface area contributed by atoms with Gasteiger partial charge >= 0.3 is 0 Å². The summed E-state index contributed by atoms with van der Waals surface area (Å²) in [6.07, 6.45) is 3.58. The van der Waals surface area contributed by atoms with E-state index in [0.717, 1.165) is 5.56 Å². The summed E-state index contributed by atoms with van der Waals surface area (Å²) in [5.41, 5.74) is 7.05. The standard InChI is InChI=1S/C11H11Cl2N3O/c1-16-5-7(4-15-16)6-17-11-9(12)2-8(14)3-10(11)13/h2-5H,6,14H2,1H3. The molecule has 0 aliphatic heterocycles. The third-order valence-corrected chi connectivity index (χ3v) is 2.72. The number of hydrogen-bond acceptors (Lipinski definition) is 3. The third-order valence-electron chi connectivity index (χ3n) is 2.16. The molecule has 2 rings (SSSR count). The molecule has 1 aromatic heterocycles. The van der Waals surface area contributed by atoms with Crippen molar-refractivity contribution in [3.05, 3.63) is 40.1 Å². The van der Waals surface area contributed by atoms with Crippen LogP contribution >= 0.6 is 23.2 Å². The van der Waals surface area contributed by atoms with Gasteiger partial charge in [-0.1, -0.05) is 23.2 Å². The summed E-state index contributed by atoms with van der Waals surface area (Å²) in [6.45, 7) is 0.358. The van der Waals surface area contributed by atoms with E-state index in [4.69, 9.17) is 33.7 Å². The number of benzene rings is 1. The molecule has 2 aromatic rings. The number of nitrogens with two attached hydrogens (primary N) is 1. The Morgan fingerprint density at radius 1 is 1.35 bits per heavy atom. The van der Waals surface area contributed by atoms with Crippen molar-refractivity contribution < 1.29 is 4.74 Å². The normalized spacial score (nSPS) is 10.5. The van der Waals surface area contributed by atoms with E-state index < -0.39 is 0 Å². The number of nitrogen functional groups attached to an aromatic ring is 1. The van der Waals surface area contributed by atoms with Crippen LogP contribution in [0, 0.1) is 0 Å². The minimum Gasteiger partial charge on any atom is -0.486 e. The Bertz CT molecular complexity index is 516.